The number of anilines is 1. The van der Waals surface area contributed by atoms with Crippen LogP contribution in [0, 0.1) is 0 Å². The highest BCUT2D eigenvalue weighted by Crippen LogP contribution is 2.25. The van der Waals surface area contributed by atoms with Gasteiger partial charge in [-0.1, -0.05) is 6.92 Å². The fourth-order valence-corrected chi connectivity index (χ4v) is 3.75. The molecule has 0 amide bonds. The van der Waals surface area contributed by atoms with Crippen molar-refractivity contribution in [3.8, 4) is 0 Å². The van der Waals surface area contributed by atoms with E-state index in [2.05, 4.69) is 10.3 Å². The molecule has 1 aromatic rings. The molecule has 2 heterocycles. The number of nitrogens with one attached hydrogen (secondary N) is 1. The number of sulfonamides is 1. The summed E-state index contributed by atoms with van der Waals surface area (Å²) in [7, 11) is -3.53. The maximum absolute atomic E-state index is 12.7. The van der Waals surface area contributed by atoms with E-state index in [1.54, 1.807) is 12.3 Å². The molecule has 0 aromatic carbocycles. The van der Waals surface area contributed by atoms with Crippen molar-refractivity contribution >= 4 is 15.7 Å². The third-order valence-corrected chi connectivity index (χ3v) is 5.06. The third-order valence-electron chi connectivity index (χ3n) is 3.17. The molecule has 0 saturated carbocycles. The first kappa shape index (κ1) is 15.2. The first-order chi connectivity index (χ1) is 9.55. The Labute approximate surface area is 120 Å². The van der Waals surface area contributed by atoms with E-state index < -0.39 is 10.0 Å². The van der Waals surface area contributed by atoms with Crippen molar-refractivity contribution in [1.82, 2.24) is 9.29 Å². The topological polar surface area (TPSA) is 71.5 Å². The minimum Gasteiger partial charge on any atom is -0.384 e. The lowest BCUT2D eigenvalue weighted by atomic mass is 10.3. The van der Waals surface area contributed by atoms with Crippen LogP contribution in [-0.2, 0) is 14.8 Å². The highest BCUT2D eigenvalue weighted by atomic mass is 32.2. The molecular formula is C13H21N3O3S. The summed E-state index contributed by atoms with van der Waals surface area (Å²) >= 11 is 0. The molecule has 112 valence electrons. The first-order valence-corrected chi connectivity index (χ1v) is 8.29. The van der Waals surface area contributed by atoms with Gasteiger partial charge in [0.2, 0.25) is 10.0 Å². The van der Waals surface area contributed by atoms with E-state index in [-0.39, 0.29) is 11.0 Å². The van der Waals surface area contributed by atoms with Crippen LogP contribution in [0.15, 0.2) is 23.4 Å². The van der Waals surface area contributed by atoms with Crippen LogP contribution in [-0.4, -0.2) is 50.1 Å². The molecule has 1 aromatic heterocycles. The molecule has 0 bridgehead atoms. The number of hydrogen-bond donors (Lipinski definition) is 1. The van der Waals surface area contributed by atoms with E-state index in [1.807, 2.05) is 13.8 Å². The second-order valence-electron chi connectivity index (χ2n) is 4.84. The number of nitrogens with zero attached hydrogens (tertiary/aromatic N) is 2. The predicted octanol–water partition coefficient (Wildman–Crippen LogP) is 1.31. The molecule has 1 N–H and O–H groups in total. The molecule has 2 rings (SSSR count). The molecule has 1 unspecified atom stereocenters. The highest BCUT2D eigenvalue weighted by molar-refractivity contribution is 7.89. The van der Waals surface area contributed by atoms with Gasteiger partial charge in [-0.2, -0.15) is 4.31 Å². The van der Waals surface area contributed by atoms with Crippen LogP contribution >= 0.6 is 0 Å². The lowest BCUT2D eigenvalue weighted by molar-refractivity contribution is 0.0102. The van der Waals surface area contributed by atoms with Crippen LogP contribution in [0.5, 0.6) is 0 Å². The molecule has 7 heteroatoms. The maximum atomic E-state index is 12.7. The minimum absolute atomic E-state index is 0.0813. The Morgan fingerprint density at radius 2 is 2.35 bits per heavy atom. The number of morpholine rings is 1. The zero-order chi connectivity index (χ0) is 14.6. The summed E-state index contributed by atoms with van der Waals surface area (Å²) in [6.45, 7) is 5.83. The Kier molecular flexibility index (Phi) is 4.95. The lowest BCUT2D eigenvalue weighted by Gasteiger charge is -2.30. The van der Waals surface area contributed by atoms with Gasteiger partial charge < -0.3 is 10.1 Å². The summed E-state index contributed by atoms with van der Waals surface area (Å²) in [5, 5.41) is 3.14. The fourth-order valence-electron chi connectivity index (χ4n) is 2.14. The number of pyridine rings is 1. The van der Waals surface area contributed by atoms with Gasteiger partial charge in [0.25, 0.3) is 0 Å². The van der Waals surface area contributed by atoms with E-state index >= 15 is 0 Å². The van der Waals surface area contributed by atoms with Gasteiger partial charge in [0.05, 0.1) is 18.4 Å². The zero-order valence-electron chi connectivity index (χ0n) is 11.9. The lowest BCUT2D eigenvalue weighted by Crippen LogP contribution is -2.44. The van der Waals surface area contributed by atoms with Crippen molar-refractivity contribution in [3.63, 3.8) is 0 Å². The van der Waals surface area contributed by atoms with Gasteiger partial charge in [-0.3, -0.25) is 4.98 Å². The van der Waals surface area contributed by atoms with Crippen LogP contribution in [0.1, 0.15) is 20.3 Å². The maximum Gasteiger partial charge on any atom is 0.246 e. The van der Waals surface area contributed by atoms with E-state index in [0.29, 0.717) is 25.4 Å². The molecule has 1 aliphatic rings. The average Bonchev–Trinajstić information content (AvgIpc) is 2.45. The molecule has 6 nitrogen and oxygen atoms in total. The average molecular weight is 299 g/mol. The first-order valence-electron chi connectivity index (χ1n) is 6.85. The van der Waals surface area contributed by atoms with Gasteiger partial charge in [0.15, 0.2) is 0 Å². The summed E-state index contributed by atoms with van der Waals surface area (Å²) < 4.78 is 32.3. The summed E-state index contributed by atoms with van der Waals surface area (Å²) in [6, 6.07) is 1.70. The third kappa shape index (κ3) is 3.28. The number of aromatic nitrogens is 1. The molecule has 1 atom stereocenters. The Morgan fingerprint density at radius 3 is 3.05 bits per heavy atom. The van der Waals surface area contributed by atoms with Crippen molar-refractivity contribution in [2.45, 2.75) is 31.3 Å². The van der Waals surface area contributed by atoms with Gasteiger partial charge in [0, 0.05) is 32.0 Å². The normalized spacial score (nSPS) is 20.8. The standard InChI is InChI=1S/C13H21N3O3S/c1-3-5-15-12-4-6-14-9-13(12)20(17,18)16-7-8-19-11(2)10-16/h4,6,9,11H,3,5,7-8,10H2,1-2H3,(H,14,15). The summed E-state index contributed by atoms with van der Waals surface area (Å²) in [5.74, 6) is 0. The molecule has 20 heavy (non-hydrogen) atoms. The number of rotatable bonds is 5. The van der Waals surface area contributed by atoms with Crippen LogP contribution in [0.25, 0.3) is 0 Å². The Bertz CT molecular complexity index is 548. The van der Waals surface area contributed by atoms with Crippen LogP contribution < -0.4 is 5.32 Å². The second-order valence-corrected chi connectivity index (χ2v) is 6.75. The minimum atomic E-state index is -3.53. The Hall–Kier alpha value is -1.18. The van der Waals surface area contributed by atoms with Crippen molar-refractivity contribution in [1.29, 1.82) is 0 Å². The fraction of sp³-hybridized carbons (Fsp3) is 0.615. The SMILES string of the molecule is CCCNc1ccncc1S(=O)(=O)N1CCOC(C)C1. The highest BCUT2D eigenvalue weighted by Gasteiger charge is 2.31. The van der Waals surface area contributed by atoms with Gasteiger partial charge in [0.1, 0.15) is 4.90 Å². The predicted molar refractivity (Wildman–Crippen MR) is 77.2 cm³/mol. The van der Waals surface area contributed by atoms with Gasteiger partial charge in [-0.25, -0.2) is 8.42 Å². The van der Waals surface area contributed by atoms with E-state index in [4.69, 9.17) is 4.74 Å². The van der Waals surface area contributed by atoms with E-state index in [9.17, 15) is 8.42 Å². The van der Waals surface area contributed by atoms with Crippen molar-refractivity contribution < 1.29 is 13.2 Å². The van der Waals surface area contributed by atoms with E-state index in [0.717, 1.165) is 13.0 Å². The van der Waals surface area contributed by atoms with Crippen molar-refractivity contribution in [3.05, 3.63) is 18.5 Å². The van der Waals surface area contributed by atoms with Crippen molar-refractivity contribution in [2.24, 2.45) is 0 Å². The zero-order valence-corrected chi connectivity index (χ0v) is 12.7. The Morgan fingerprint density at radius 1 is 1.55 bits per heavy atom. The van der Waals surface area contributed by atoms with Gasteiger partial charge in [-0.05, 0) is 19.4 Å². The molecule has 1 aliphatic heterocycles. The molecule has 0 spiro atoms. The monoisotopic (exact) mass is 299 g/mol. The second kappa shape index (κ2) is 6.51. The number of hydrogen-bond acceptors (Lipinski definition) is 5. The van der Waals surface area contributed by atoms with Crippen LogP contribution in [0.3, 0.4) is 0 Å². The molecule has 1 fully saturated rings. The summed E-state index contributed by atoms with van der Waals surface area (Å²) in [4.78, 5) is 4.19. The van der Waals surface area contributed by atoms with E-state index in [1.165, 1.54) is 10.5 Å². The number of ether oxygens (including phenoxy) is 1. The molecular weight excluding hydrogens is 278 g/mol. The van der Waals surface area contributed by atoms with Gasteiger partial charge >= 0.3 is 0 Å². The molecule has 0 aliphatic carbocycles. The molecule has 1 saturated heterocycles. The van der Waals surface area contributed by atoms with Gasteiger partial charge in [-0.15, -0.1) is 0 Å². The van der Waals surface area contributed by atoms with Crippen molar-refractivity contribution in [2.75, 3.05) is 31.6 Å². The van der Waals surface area contributed by atoms with Crippen LogP contribution in [0.2, 0.25) is 0 Å². The quantitative estimate of drug-likeness (QED) is 0.887. The molecule has 0 radical (unpaired) electrons. The van der Waals surface area contributed by atoms with Crippen LogP contribution in [0.4, 0.5) is 5.69 Å². The smallest absolute Gasteiger partial charge is 0.246 e. The largest absolute Gasteiger partial charge is 0.384 e. The summed E-state index contributed by atoms with van der Waals surface area (Å²) in [6.07, 6.45) is 3.85. The summed E-state index contributed by atoms with van der Waals surface area (Å²) in [5.41, 5.74) is 0.612. The Balaban J connectivity index is 2.29.